The summed E-state index contributed by atoms with van der Waals surface area (Å²) in [6.07, 6.45) is 0. The summed E-state index contributed by atoms with van der Waals surface area (Å²) in [5.41, 5.74) is 1.10. The fourth-order valence-corrected chi connectivity index (χ4v) is 7.02. The molecule has 0 N–H and O–H groups in total. The number of ether oxygens (including phenoxy) is 1. The molecule has 0 aliphatic carbocycles. The van der Waals surface area contributed by atoms with E-state index in [4.69, 9.17) is 4.74 Å². The number of thiazole rings is 1. The van der Waals surface area contributed by atoms with Gasteiger partial charge in [-0.1, -0.05) is 12.1 Å². The van der Waals surface area contributed by atoms with Crippen molar-refractivity contribution in [2.75, 3.05) is 26.3 Å². The molecule has 0 spiro atoms. The lowest BCUT2D eigenvalue weighted by Gasteiger charge is -2.23. The maximum Gasteiger partial charge on any atom is 0.162 e. The van der Waals surface area contributed by atoms with Crippen LogP contribution in [0, 0.1) is 0 Å². The third-order valence-electron chi connectivity index (χ3n) is 2.49. The number of para-hydroxylation sites is 1. The first kappa shape index (κ1) is 13.1. The van der Waals surface area contributed by atoms with Crippen molar-refractivity contribution in [1.29, 1.82) is 0 Å². The number of rotatable bonds is 4. The van der Waals surface area contributed by atoms with E-state index in [0.29, 0.717) is 0 Å². The Balaban J connectivity index is 1.53. The summed E-state index contributed by atoms with van der Waals surface area (Å²) in [5.74, 6) is 0. The van der Waals surface area contributed by atoms with Crippen molar-refractivity contribution in [2.24, 2.45) is 0 Å². The fourth-order valence-electron chi connectivity index (χ4n) is 1.60. The molecule has 3 nitrogen and oxygen atoms in total. The molecule has 1 saturated heterocycles. The van der Waals surface area contributed by atoms with Crippen molar-refractivity contribution in [2.45, 2.75) is 4.34 Å². The highest BCUT2D eigenvalue weighted by Crippen LogP contribution is 2.44. The average molecular weight is 316 g/mol. The first-order valence-corrected chi connectivity index (χ1v) is 9.87. The zero-order valence-corrected chi connectivity index (χ0v) is 12.8. The molecule has 1 aliphatic heterocycles. The second-order valence-electron chi connectivity index (χ2n) is 3.71. The third kappa shape index (κ3) is 3.34. The highest BCUT2D eigenvalue weighted by molar-refractivity contribution is 9.09. The minimum Gasteiger partial charge on any atom is -0.379 e. The molecule has 1 aromatic carbocycles. The Bertz CT molecular complexity index is 479. The van der Waals surface area contributed by atoms with E-state index in [2.05, 4.69) is 27.5 Å². The van der Waals surface area contributed by atoms with Gasteiger partial charge < -0.3 is 4.74 Å². The van der Waals surface area contributed by atoms with Crippen LogP contribution in [0.1, 0.15) is 0 Å². The molecule has 2 aromatic rings. The number of hydrogen-bond donors (Lipinski definition) is 0. The van der Waals surface area contributed by atoms with E-state index in [0.717, 1.165) is 36.2 Å². The van der Waals surface area contributed by atoms with E-state index < -0.39 is 0 Å². The molecule has 7 heteroatoms. The van der Waals surface area contributed by atoms with Gasteiger partial charge in [0.05, 0.1) is 23.4 Å². The van der Waals surface area contributed by atoms with Crippen LogP contribution in [-0.2, 0) is 4.74 Å². The second-order valence-corrected chi connectivity index (χ2v) is 8.94. The lowest BCUT2D eigenvalue weighted by Crippen LogP contribution is -2.30. The Morgan fingerprint density at radius 3 is 2.89 bits per heavy atom. The maximum absolute atomic E-state index is 5.32. The van der Waals surface area contributed by atoms with Gasteiger partial charge in [0.25, 0.3) is 0 Å². The Morgan fingerprint density at radius 2 is 2.06 bits per heavy atom. The summed E-state index contributed by atoms with van der Waals surface area (Å²) in [5, 5.41) is 0. The van der Waals surface area contributed by atoms with Crippen LogP contribution in [-0.4, -0.2) is 35.6 Å². The fraction of sp³-hybridized carbons (Fsp3) is 0.364. The number of morpholine rings is 1. The molecule has 0 amide bonds. The van der Waals surface area contributed by atoms with Gasteiger partial charge in [0, 0.05) is 24.1 Å². The molecule has 1 aliphatic rings. The summed E-state index contributed by atoms with van der Waals surface area (Å²) in [6, 6.07) is 8.28. The van der Waals surface area contributed by atoms with Crippen molar-refractivity contribution < 1.29 is 4.74 Å². The van der Waals surface area contributed by atoms with Gasteiger partial charge in [0.15, 0.2) is 4.34 Å². The van der Waals surface area contributed by atoms with Gasteiger partial charge in [-0.15, -0.1) is 11.3 Å². The molecule has 1 fully saturated rings. The molecule has 0 radical (unpaired) electrons. The van der Waals surface area contributed by atoms with Crippen LogP contribution in [0.25, 0.3) is 10.2 Å². The van der Waals surface area contributed by atoms with Crippen molar-refractivity contribution in [3.8, 4) is 0 Å². The van der Waals surface area contributed by atoms with Gasteiger partial charge in [0.2, 0.25) is 0 Å². The molecule has 96 valence electrons. The van der Waals surface area contributed by atoms with Crippen LogP contribution in [0.4, 0.5) is 0 Å². The zero-order valence-electron chi connectivity index (χ0n) is 9.57. The first-order chi connectivity index (χ1) is 8.92. The number of nitrogens with zero attached hydrogens (tertiary/aromatic N) is 2. The number of hydrogen-bond acceptors (Lipinski definition) is 7. The second kappa shape index (κ2) is 6.49. The molecular formula is C11H12N2OS4. The maximum atomic E-state index is 5.32. The van der Waals surface area contributed by atoms with Gasteiger partial charge in [0.1, 0.15) is 0 Å². The summed E-state index contributed by atoms with van der Waals surface area (Å²) >= 11 is 1.76. The highest BCUT2D eigenvalue weighted by Gasteiger charge is 2.12. The van der Waals surface area contributed by atoms with Gasteiger partial charge in [-0.05, 0) is 32.8 Å². The standard InChI is InChI=1S/C11H12N2OS4/c1-2-4-10-9(3-1)12-11(15-10)16-18-17-13-5-7-14-8-6-13/h1-4H,5-8H2. The SMILES string of the molecule is c1ccc2sc(SSSN3CCOCC3)nc2c1. The number of fused-ring (bicyclic) bond motifs is 1. The summed E-state index contributed by atoms with van der Waals surface area (Å²) in [4.78, 5) is 4.60. The van der Waals surface area contributed by atoms with Crippen LogP contribution in [0.2, 0.25) is 0 Å². The molecule has 0 saturated carbocycles. The average Bonchev–Trinajstić information content (AvgIpc) is 2.82. The molecular weight excluding hydrogens is 304 g/mol. The smallest absolute Gasteiger partial charge is 0.162 e. The van der Waals surface area contributed by atoms with Crippen molar-refractivity contribution in [3.05, 3.63) is 24.3 Å². The molecule has 18 heavy (non-hydrogen) atoms. The van der Waals surface area contributed by atoms with E-state index in [9.17, 15) is 0 Å². The lowest BCUT2D eigenvalue weighted by atomic mass is 10.3. The molecule has 0 unspecified atom stereocenters. The van der Waals surface area contributed by atoms with E-state index >= 15 is 0 Å². The molecule has 0 atom stereocenters. The minimum atomic E-state index is 0.847. The van der Waals surface area contributed by atoms with Gasteiger partial charge in [-0.3, -0.25) is 0 Å². The normalized spacial score (nSPS) is 17.3. The van der Waals surface area contributed by atoms with Crippen molar-refractivity contribution >= 4 is 53.2 Å². The molecule has 0 bridgehead atoms. The Kier molecular flexibility index (Phi) is 4.72. The van der Waals surface area contributed by atoms with Crippen molar-refractivity contribution in [3.63, 3.8) is 0 Å². The lowest BCUT2D eigenvalue weighted by molar-refractivity contribution is 0.0779. The summed E-state index contributed by atoms with van der Waals surface area (Å²) in [7, 11) is 5.33. The van der Waals surface area contributed by atoms with Crippen LogP contribution < -0.4 is 0 Å². The molecule has 2 heterocycles. The van der Waals surface area contributed by atoms with Gasteiger partial charge in [-0.2, -0.15) is 0 Å². The largest absolute Gasteiger partial charge is 0.379 e. The van der Waals surface area contributed by atoms with Crippen LogP contribution in [0.15, 0.2) is 28.6 Å². The number of benzene rings is 1. The van der Waals surface area contributed by atoms with Crippen LogP contribution >= 0.6 is 42.9 Å². The van der Waals surface area contributed by atoms with E-state index in [-0.39, 0.29) is 0 Å². The Labute approximate surface area is 122 Å². The predicted octanol–water partition coefficient (Wildman–Crippen LogP) is 3.93. The van der Waals surface area contributed by atoms with E-state index in [1.807, 2.05) is 6.07 Å². The van der Waals surface area contributed by atoms with E-state index in [1.165, 1.54) is 4.70 Å². The summed E-state index contributed by atoms with van der Waals surface area (Å²) < 4.78 is 10.1. The topological polar surface area (TPSA) is 25.4 Å². The minimum absolute atomic E-state index is 0.847. The van der Waals surface area contributed by atoms with Crippen LogP contribution in [0.3, 0.4) is 0 Å². The highest BCUT2D eigenvalue weighted by atomic mass is 33.5. The van der Waals surface area contributed by atoms with E-state index in [1.54, 1.807) is 42.9 Å². The zero-order chi connectivity index (χ0) is 12.2. The van der Waals surface area contributed by atoms with Crippen LogP contribution in [0.5, 0.6) is 0 Å². The summed E-state index contributed by atoms with van der Waals surface area (Å²) in [6.45, 7) is 3.72. The molecule has 3 rings (SSSR count). The first-order valence-electron chi connectivity index (χ1n) is 5.61. The van der Waals surface area contributed by atoms with Gasteiger partial charge in [-0.25, -0.2) is 9.29 Å². The Morgan fingerprint density at radius 1 is 1.22 bits per heavy atom. The monoisotopic (exact) mass is 316 g/mol. The van der Waals surface area contributed by atoms with Gasteiger partial charge >= 0.3 is 0 Å². The Hall–Kier alpha value is 0.0800. The molecule has 1 aromatic heterocycles. The number of aromatic nitrogens is 1. The quantitative estimate of drug-likeness (QED) is 0.626. The van der Waals surface area contributed by atoms with Crippen molar-refractivity contribution in [1.82, 2.24) is 9.29 Å². The third-order valence-corrected chi connectivity index (χ3v) is 7.72. The predicted molar refractivity (Wildman–Crippen MR) is 83.1 cm³/mol.